The summed E-state index contributed by atoms with van der Waals surface area (Å²) in [6.07, 6.45) is -0.362. The monoisotopic (exact) mass is 539 g/mol. The number of alkyl halides is 3. The van der Waals surface area contributed by atoms with Crippen molar-refractivity contribution in [2.45, 2.75) is 51.9 Å². The summed E-state index contributed by atoms with van der Waals surface area (Å²) in [4.78, 5) is 6.93. The second-order valence-electron chi connectivity index (χ2n) is 10.2. The van der Waals surface area contributed by atoms with Crippen molar-refractivity contribution in [2.75, 3.05) is 38.1 Å². The highest BCUT2D eigenvalue weighted by atomic mass is 19.4. The van der Waals surface area contributed by atoms with Crippen molar-refractivity contribution in [1.82, 2.24) is 9.80 Å². The quantitative estimate of drug-likeness (QED) is 0.324. The zero-order valence-corrected chi connectivity index (χ0v) is 23.3. The third-order valence-electron chi connectivity index (χ3n) is 6.94. The molecule has 8 heteroatoms. The number of para-hydroxylation sites is 1. The fourth-order valence-electron chi connectivity index (χ4n) is 4.66. The van der Waals surface area contributed by atoms with Crippen LogP contribution < -0.4 is 4.90 Å². The number of rotatable bonds is 9. The van der Waals surface area contributed by atoms with E-state index in [4.69, 9.17) is 0 Å². The van der Waals surface area contributed by atoms with Crippen molar-refractivity contribution in [3.8, 4) is 0 Å². The molecule has 0 spiro atoms. The van der Waals surface area contributed by atoms with E-state index in [-0.39, 0.29) is 6.42 Å². The van der Waals surface area contributed by atoms with E-state index in [1.54, 1.807) is 12.1 Å². The first-order valence-corrected chi connectivity index (χ1v) is 13.4. The molecular formula is C31H40F3N5. The predicted octanol–water partition coefficient (Wildman–Crippen LogP) is 6.93. The lowest BCUT2D eigenvalue weighted by atomic mass is 10.0. The molecule has 1 saturated heterocycles. The molecule has 0 aliphatic carbocycles. The number of piperazine rings is 1. The minimum atomic E-state index is -4.41. The zero-order chi connectivity index (χ0) is 28.4. The number of hydrogen-bond acceptors (Lipinski definition) is 5. The highest BCUT2D eigenvalue weighted by Gasteiger charge is 2.38. The van der Waals surface area contributed by atoms with Crippen LogP contribution in [0.1, 0.15) is 44.2 Å². The Bertz CT molecular complexity index is 1140. The van der Waals surface area contributed by atoms with Gasteiger partial charge < -0.3 is 9.80 Å². The number of nitrogens with zero attached hydrogens (tertiary/aromatic N) is 5. The van der Waals surface area contributed by atoms with Gasteiger partial charge in [0, 0.05) is 57.9 Å². The van der Waals surface area contributed by atoms with Crippen LogP contribution in [0.4, 0.5) is 18.9 Å². The van der Waals surface area contributed by atoms with Crippen LogP contribution in [0, 0.1) is 0 Å². The van der Waals surface area contributed by atoms with Gasteiger partial charge in [0.05, 0.1) is 5.71 Å². The van der Waals surface area contributed by atoms with E-state index in [0.29, 0.717) is 23.9 Å². The minimum Gasteiger partial charge on any atom is -0.375 e. The van der Waals surface area contributed by atoms with Gasteiger partial charge in [0.2, 0.25) is 0 Å². The Morgan fingerprint density at radius 3 is 2.33 bits per heavy atom. The van der Waals surface area contributed by atoms with Gasteiger partial charge in [-0.1, -0.05) is 74.5 Å². The Kier molecular flexibility index (Phi) is 10.9. The molecule has 0 N–H and O–H groups in total. The molecule has 2 aromatic carbocycles. The summed E-state index contributed by atoms with van der Waals surface area (Å²) in [5.41, 5.74) is 3.72. The molecule has 0 aromatic heterocycles. The molecule has 0 bridgehead atoms. The van der Waals surface area contributed by atoms with Gasteiger partial charge in [0.15, 0.2) is 0 Å². The van der Waals surface area contributed by atoms with Crippen molar-refractivity contribution in [2.24, 2.45) is 10.2 Å². The number of hydrogen-bond donors (Lipinski definition) is 0. The Labute approximate surface area is 231 Å². The smallest absolute Gasteiger partial charge is 0.375 e. The van der Waals surface area contributed by atoms with Crippen LogP contribution in [-0.4, -0.2) is 66.7 Å². The Hall–Kier alpha value is -3.39. The van der Waals surface area contributed by atoms with E-state index in [9.17, 15) is 13.2 Å². The number of halogens is 3. The third-order valence-corrected chi connectivity index (χ3v) is 6.94. The van der Waals surface area contributed by atoms with Gasteiger partial charge in [-0.3, -0.25) is 4.90 Å². The second kappa shape index (κ2) is 14.1. The maximum absolute atomic E-state index is 12.6. The van der Waals surface area contributed by atoms with E-state index in [1.165, 1.54) is 12.0 Å². The first kappa shape index (κ1) is 30.2. The predicted molar refractivity (Wildman–Crippen MR) is 156 cm³/mol. The van der Waals surface area contributed by atoms with Gasteiger partial charge in [0.1, 0.15) is 5.71 Å². The van der Waals surface area contributed by atoms with Crippen LogP contribution in [0.2, 0.25) is 0 Å². The molecule has 1 atom stereocenters. The van der Waals surface area contributed by atoms with E-state index >= 15 is 0 Å². The number of benzene rings is 2. The summed E-state index contributed by atoms with van der Waals surface area (Å²) >= 11 is 0. The van der Waals surface area contributed by atoms with Crippen LogP contribution in [0.3, 0.4) is 0 Å². The highest BCUT2D eigenvalue weighted by molar-refractivity contribution is 6.16. The largest absolute Gasteiger partial charge is 0.431 e. The standard InChI is InChI=1S/C18H16F3N3.C13H24N2/c1-24(15-5-3-2-4-6-15)12-13-7-9-14(10-8-13)16-11-17(23-22-16)18(19,20)21;1-5-7-12(3)10-15-9-8-14(6-2)11-13(15)4/h2-10H,11-12H2,1H3;6,13H,2-3,5,7-11H2,1,4H3. The Morgan fingerprint density at radius 2 is 1.77 bits per heavy atom. The average Bonchev–Trinajstić information content (AvgIpc) is 3.43. The van der Waals surface area contributed by atoms with E-state index < -0.39 is 11.9 Å². The summed E-state index contributed by atoms with van der Waals surface area (Å²) in [6.45, 7) is 17.6. The molecule has 2 aliphatic rings. The first-order valence-electron chi connectivity index (χ1n) is 13.4. The second-order valence-corrected chi connectivity index (χ2v) is 10.2. The van der Waals surface area contributed by atoms with Gasteiger partial charge in [-0.2, -0.15) is 18.3 Å². The first-order chi connectivity index (χ1) is 18.6. The van der Waals surface area contributed by atoms with Crippen molar-refractivity contribution >= 4 is 17.1 Å². The molecular weight excluding hydrogens is 499 g/mol. The fourth-order valence-corrected chi connectivity index (χ4v) is 4.66. The Balaban J connectivity index is 0.000000242. The van der Waals surface area contributed by atoms with Crippen LogP contribution in [0.25, 0.3) is 0 Å². The molecule has 1 unspecified atom stereocenters. The Morgan fingerprint density at radius 1 is 1.08 bits per heavy atom. The van der Waals surface area contributed by atoms with Crippen molar-refractivity contribution in [3.63, 3.8) is 0 Å². The normalized spacial score (nSPS) is 17.6. The van der Waals surface area contributed by atoms with Gasteiger partial charge in [-0.15, -0.1) is 5.10 Å². The van der Waals surface area contributed by atoms with Crippen molar-refractivity contribution < 1.29 is 13.2 Å². The summed E-state index contributed by atoms with van der Waals surface area (Å²) in [7, 11) is 1.99. The molecule has 2 heterocycles. The van der Waals surface area contributed by atoms with E-state index in [0.717, 1.165) is 43.9 Å². The molecule has 0 amide bonds. The van der Waals surface area contributed by atoms with Crippen molar-refractivity contribution in [1.29, 1.82) is 0 Å². The van der Waals surface area contributed by atoms with E-state index in [1.807, 2.05) is 55.7 Å². The van der Waals surface area contributed by atoms with Crippen molar-refractivity contribution in [3.05, 3.63) is 90.7 Å². The van der Waals surface area contributed by atoms with Crippen LogP contribution in [0.5, 0.6) is 0 Å². The molecule has 0 radical (unpaired) electrons. The lowest BCUT2D eigenvalue weighted by Crippen LogP contribution is -2.50. The maximum Gasteiger partial charge on any atom is 0.431 e. The minimum absolute atomic E-state index is 0.271. The topological polar surface area (TPSA) is 34.4 Å². The molecule has 2 aromatic rings. The average molecular weight is 540 g/mol. The number of anilines is 1. The van der Waals surface area contributed by atoms with Gasteiger partial charge in [0.25, 0.3) is 0 Å². The van der Waals surface area contributed by atoms with E-state index in [2.05, 4.69) is 51.9 Å². The van der Waals surface area contributed by atoms with Crippen LogP contribution in [0.15, 0.2) is 89.7 Å². The van der Waals surface area contributed by atoms with Gasteiger partial charge in [-0.05, 0) is 42.8 Å². The lowest BCUT2D eigenvalue weighted by Gasteiger charge is -2.39. The van der Waals surface area contributed by atoms with Crippen LogP contribution >= 0.6 is 0 Å². The summed E-state index contributed by atoms with van der Waals surface area (Å²) in [5.74, 6) is 0. The van der Waals surface area contributed by atoms with Gasteiger partial charge in [-0.25, -0.2) is 0 Å². The molecule has 0 saturated carbocycles. The maximum atomic E-state index is 12.6. The van der Waals surface area contributed by atoms with Crippen LogP contribution in [-0.2, 0) is 6.54 Å². The summed E-state index contributed by atoms with van der Waals surface area (Å²) in [5, 5.41) is 6.91. The lowest BCUT2D eigenvalue weighted by molar-refractivity contribution is -0.0596. The molecule has 4 rings (SSSR count). The molecule has 1 fully saturated rings. The fraction of sp³-hybridized carbons (Fsp3) is 0.419. The molecule has 210 valence electrons. The molecule has 5 nitrogen and oxygen atoms in total. The van der Waals surface area contributed by atoms with Gasteiger partial charge >= 0.3 is 6.18 Å². The molecule has 2 aliphatic heterocycles. The SMILES string of the molecule is C=CN1CCN(CC(=C)CCC)C(C)C1.CN(Cc1ccc(C2=NN=C(C(F)(F)F)C2)cc1)c1ccccc1. The highest BCUT2D eigenvalue weighted by Crippen LogP contribution is 2.25. The molecule has 39 heavy (non-hydrogen) atoms. The third kappa shape index (κ3) is 9.10. The summed E-state index contributed by atoms with van der Waals surface area (Å²) < 4.78 is 37.8. The summed E-state index contributed by atoms with van der Waals surface area (Å²) in [6, 6.07) is 18.0. The zero-order valence-electron chi connectivity index (χ0n) is 23.3.